The predicted octanol–water partition coefficient (Wildman–Crippen LogP) is 2.84. The third-order valence-corrected chi connectivity index (χ3v) is 1.99. The fourth-order valence-corrected chi connectivity index (χ4v) is 1.47. The van der Waals surface area contributed by atoms with E-state index in [-0.39, 0.29) is 5.54 Å². The van der Waals surface area contributed by atoms with E-state index in [4.69, 9.17) is 0 Å². The van der Waals surface area contributed by atoms with Crippen LogP contribution in [0.25, 0.3) is 11.0 Å². The maximum Gasteiger partial charge on any atom is 0.0907 e. The highest BCUT2D eigenvalue weighted by atomic mass is 14.9. The van der Waals surface area contributed by atoms with Crippen LogP contribution in [0.4, 0.5) is 5.69 Å². The lowest BCUT2D eigenvalue weighted by molar-refractivity contribution is 0.634. The molecule has 2 aromatic rings. The minimum atomic E-state index is 0.0654. The van der Waals surface area contributed by atoms with Crippen LogP contribution in [0.1, 0.15) is 20.8 Å². The highest BCUT2D eigenvalue weighted by Gasteiger charge is 2.09. The number of nitrogens with one attached hydrogen (secondary N) is 1. The van der Waals surface area contributed by atoms with Gasteiger partial charge in [0.1, 0.15) is 0 Å². The lowest BCUT2D eigenvalue weighted by Crippen LogP contribution is -2.25. The molecular formula is C12H15N3. The molecule has 1 aromatic carbocycles. The Bertz CT molecular complexity index is 471. The molecule has 1 aromatic heterocycles. The van der Waals surface area contributed by atoms with Crippen molar-refractivity contribution >= 4 is 16.7 Å². The van der Waals surface area contributed by atoms with E-state index in [0.29, 0.717) is 0 Å². The average molecular weight is 201 g/mol. The number of fused-ring (bicyclic) bond motifs is 1. The molecule has 2 rings (SSSR count). The zero-order valence-corrected chi connectivity index (χ0v) is 9.28. The first-order chi connectivity index (χ1) is 7.04. The van der Waals surface area contributed by atoms with Gasteiger partial charge in [-0.05, 0) is 39.0 Å². The number of anilines is 1. The Hall–Kier alpha value is -1.64. The van der Waals surface area contributed by atoms with Crippen LogP contribution in [0.15, 0.2) is 30.6 Å². The second kappa shape index (κ2) is 3.50. The molecule has 3 nitrogen and oxygen atoms in total. The van der Waals surface area contributed by atoms with Gasteiger partial charge in [0.2, 0.25) is 0 Å². The molecule has 3 heteroatoms. The molecule has 0 amide bonds. The van der Waals surface area contributed by atoms with E-state index in [1.165, 1.54) is 0 Å². The fraction of sp³-hybridized carbons (Fsp3) is 0.333. The van der Waals surface area contributed by atoms with E-state index in [1.54, 1.807) is 12.4 Å². The summed E-state index contributed by atoms with van der Waals surface area (Å²) in [6.07, 6.45) is 3.42. The molecule has 0 radical (unpaired) electrons. The summed E-state index contributed by atoms with van der Waals surface area (Å²) in [4.78, 5) is 8.50. The first-order valence-corrected chi connectivity index (χ1v) is 5.03. The van der Waals surface area contributed by atoms with Crippen molar-refractivity contribution < 1.29 is 0 Å². The largest absolute Gasteiger partial charge is 0.380 e. The summed E-state index contributed by atoms with van der Waals surface area (Å²) in [6, 6.07) is 6.03. The molecule has 0 bridgehead atoms. The van der Waals surface area contributed by atoms with Gasteiger partial charge < -0.3 is 5.32 Å². The maximum atomic E-state index is 4.27. The van der Waals surface area contributed by atoms with Gasteiger partial charge >= 0.3 is 0 Å². The molecular weight excluding hydrogens is 186 g/mol. The third kappa shape index (κ3) is 2.43. The normalized spacial score (nSPS) is 11.7. The van der Waals surface area contributed by atoms with Crippen molar-refractivity contribution in [1.29, 1.82) is 0 Å². The van der Waals surface area contributed by atoms with E-state index in [1.807, 2.05) is 18.2 Å². The van der Waals surface area contributed by atoms with Crippen LogP contribution in [-0.4, -0.2) is 15.5 Å². The van der Waals surface area contributed by atoms with Crippen LogP contribution in [0.2, 0.25) is 0 Å². The van der Waals surface area contributed by atoms with Crippen LogP contribution >= 0.6 is 0 Å². The minimum absolute atomic E-state index is 0.0654. The SMILES string of the molecule is CC(C)(C)Nc1ccc2nccnc2c1. The summed E-state index contributed by atoms with van der Waals surface area (Å²) in [5.74, 6) is 0. The number of hydrogen-bond acceptors (Lipinski definition) is 3. The zero-order valence-electron chi connectivity index (χ0n) is 9.28. The van der Waals surface area contributed by atoms with Gasteiger partial charge in [0.05, 0.1) is 11.0 Å². The summed E-state index contributed by atoms with van der Waals surface area (Å²) in [5.41, 5.74) is 3.00. The summed E-state index contributed by atoms with van der Waals surface area (Å²) in [5, 5.41) is 3.41. The molecule has 1 heterocycles. The van der Waals surface area contributed by atoms with Crippen molar-refractivity contribution in [2.75, 3.05) is 5.32 Å². The zero-order chi connectivity index (χ0) is 10.9. The van der Waals surface area contributed by atoms with E-state index < -0.39 is 0 Å². The molecule has 0 fully saturated rings. The van der Waals surface area contributed by atoms with Crippen molar-refractivity contribution in [3.8, 4) is 0 Å². The van der Waals surface area contributed by atoms with E-state index in [9.17, 15) is 0 Å². The molecule has 0 saturated carbocycles. The van der Waals surface area contributed by atoms with Crippen molar-refractivity contribution in [3.05, 3.63) is 30.6 Å². The number of benzene rings is 1. The van der Waals surface area contributed by atoms with Crippen LogP contribution in [0.3, 0.4) is 0 Å². The number of rotatable bonds is 1. The lowest BCUT2D eigenvalue weighted by Gasteiger charge is -2.22. The molecule has 0 saturated heterocycles. The summed E-state index contributed by atoms with van der Waals surface area (Å²) in [7, 11) is 0. The Balaban J connectivity index is 2.39. The minimum Gasteiger partial charge on any atom is -0.380 e. The Kier molecular flexibility index (Phi) is 2.31. The van der Waals surface area contributed by atoms with Crippen molar-refractivity contribution in [2.24, 2.45) is 0 Å². The van der Waals surface area contributed by atoms with Gasteiger partial charge in [-0.2, -0.15) is 0 Å². The molecule has 15 heavy (non-hydrogen) atoms. The van der Waals surface area contributed by atoms with Gasteiger partial charge in [-0.25, -0.2) is 0 Å². The quantitative estimate of drug-likeness (QED) is 0.771. The number of nitrogens with zero attached hydrogens (tertiary/aromatic N) is 2. The van der Waals surface area contributed by atoms with Crippen molar-refractivity contribution in [1.82, 2.24) is 9.97 Å². The highest BCUT2D eigenvalue weighted by molar-refractivity contribution is 5.78. The maximum absolute atomic E-state index is 4.27. The molecule has 0 aliphatic rings. The predicted molar refractivity (Wildman–Crippen MR) is 62.9 cm³/mol. The van der Waals surface area contributed by atoms with Crippen LogP contribution < -0.4 is 5.32 Å². The Morgan fingerprint density at radius 2 is 1.67 bits per heavy atom. The standard InChI is InChI=1S/C12H15N3/c1-12(2,3)15-9-4-5-10-11(8-9)14-7-6-13-10/h4-8,15H,1-3H3. The van der Waals surface area contributed by atoms with Gasteiger partial charge in [-0.15, -0.1) is 0 Å². The fourth-order valence-electron chi connectivity index (χ4n) is 1.47. The van der Waals surface area contributed by atoms with Crippen molar-refractivity contribution in [2.45, 2.75) is 26.3 Å². The Morgan fingerprint density at radius 3 is 2.33 bits per heavy atom. The second-order valence-corrected chi connectivity index (χ2v) is 4.63. The molecule has 1 N–H and O–H groups in total. The summed E-state index contributed by atoms with van der Waals surface area (Å²) in [6.45, 7) is 6.40. The summed E-state index contributed by atoms with van der Waals surface area (Å²) >= 11 is 0. The topological polar surface area (TPSA) is 37.8 Å². The Morgan fingerprint density at radius 1 is 1.00 bits per heavy atom. The molecule has 0 spiro atoms. The summed E-state index contributed by atoms with van der Waals surface area (Å²) < 4.78 is 0. The second-order valence-electron chi connectivity index (χ2n) is 4.63. The van der Waals surface area contributed by atoms with Gasteiger partial charge in [0, 0.05) is 23.6 Å². The van der Waals surface area contributed by atoms with Gasteiger partial charge in [-0.3, -0.25) is 9.97 Å². The van der Waals surface area contributed by atoms with Gasteiger partial charge in [-0.1, -0.05) is 0 Å². The highest BCUT2D eigenvalue weighted by Crippen LogP contribution is 2.18. The smallest absolute Gasteiger partial charge is 0.0907 e. The van der Waals surface area contributed by atoms with E-state index in [0.717, 1.165) is 16.7 Å². The molecule has 0 atom stereocenters. The van der Waals surface area contributed by atoms with E-state index in [2.05, 4.69) is 36.1 Å². The van der Waals surface area contributed by atoms with Gasteiger partial charge in [0.15, 0.2) is 0 Å². The number of aromatic nitrogens is 2. The monoisotopic (exact) mass is 201 g/mol. The third-order valence-electron chi connectivity index (χ3n) is 1.99. The Labute approximate surface area is 89.6 Å². The van der Waals surface area contributed by atoms with Crippen LogP contribution in [0.5, 0.6) is 0 Å². The first-order valence-electron chi connectivity index (χ1n) is 5.03. The molecule has 78 valence electrons. The molecule has 0 unspecified atom stereocenters. The molecule has 0 aliphatic carbocycles. The number of hydrogen-bond donors (Lipinski definition) is 1. The van der Waals surface area contributed by atoms with Crippen molar-refractivity contribution in [3.63, 3.8) is 0 Å². The first kappa shape index (κ1) is 9.90. The average Bonchev–Trinajstić information content (AvgIpc) is 2.15. The van der Waals surface area contributed by atoms with E-state index >= 15 is 0 Å². The lowest BCUT2D eigenvalue weighted by atomic mass is 10.1. The molecule has 0 aliphatic heterocycles. The van der Waals surface area contributed by atoms with Crippen LogP contribution in [-0.2, 0) is 0 Å². The van der Waals surface area contributed by atoms with Gasteiger partial charge in [0.25, 0.3) is 0 Å². The van der Waals surface area contributed by atoms with Crippen LogP contribution in [0, 0.1) is 0 Å².